The summed E-state index contributed by atoms with van der Waals surface area (Å²) in [6.07, 6.45) is 8.75. The summed E-state index contributed by atoms with van der Waals surface area (Å²) in [7, 11) is 3.79. The second kappa shape index (κ2) is 7.99. The van der Waals surface area contributed by atoms with Crippen LogP contribution in [0.2, 0.25) is 0 Å². The minimum Gasteiger partial charge on any atom is -0.337 e. The van der Waals surface area contributed by atoms with E-state index in [1.807, 2.05) is 48.0 Å². The van der Waals surface area contributed by atoms with Gasteiger partial charge in [-0.3, -0.25) is 4.79 Å². The number of rotatable bonds is 7. The van der Waals surface area contributed by atoms with Crippen molar-refractivity contribution < 1.29 is 4.79 Å². The van der Waals surface area contributed by atoms with Gasteiger partial charge in [-0.1, -0.05) is 30.3 Å². The smallest absolute Gasteiger partial charge is 0.272 e. The maximum atomic E-state index is 13.1. The zero-order valence-electron chi connectivity index (χ0n) is 15.5. The van der Waals surface area contributed by atoms with Gasteiger partial charge in [0.15, 0.2) is 0 Å². The van der Waals surface area contributed by atoms with Crippen molar-refractivity contribution in [2.24, 2.45) is 14.1 Å². The van der Waals surface area contributed by atoms with Crippen LogP contribution in [0, 0.1) is 0 Å². The lowest BCUT2D eigenvalue weighted by atomic mass is 10.0. The second-order valence-electron chi connectivity index (χ2n) is 6.65. The van der Waals surface area contributed by atoms with Crippen molar-refractivity contribution in [1.82, 2.24) is 24.0 Å². The number of hydrogen-bond acceptors (Lipinski definition) is 3. The lowest BCUT2D eigenvalue weighted by molar-refractivity contribution is 0.0650. The Morgan fingerprint density at radius 2 is 1.96 bits per heavy atom. The van der Waals surface area contributed by atoms with Crippen molar-refractivity contribution in [2.45, 2.75) is 32.4 Å². The number of amides is 1. The molecule has 26 heavy (non-hydrogen) atoms. The molecule has 1 atom stereocenters. The number of benzene rings is 1. The van der Waals surface area contributed by atoms with Crippen molar-refractivity contribution in [2.75, 3.05) is 0 Å². The molecule has 6 heteroatoms. The van der Waals surface area contributed by atoms with Crippen molar-refractivity contribution in [1.29, 1.82) is 0 Å². The molecule has 3 rings (SSSR count). The van der Waals surface area contributed by atoms with Crippen LogP contribution < -0.4 is 0 Å². The molecule has 0 aliphatic carbocycles. The Balaban J connectivity index is 1.78. The van der Waals surface area contributed by atoms with E-state index < -0.39 is 0 Å². The highest BCUT2D eigenvalue weighted by atomic mass is 16.2. The first-order chi connectivity index (χ1) is 12.6. The molecule has 1 unspecified atom stereocenters. The van der Waals surface area contributed by atoms with E-state index in [-0.39, 0.29) is 11.9 Å². The highest BCUT2D eigenvalue weighted by molar-refractivity contribution is 5.92. The topological polar surface area (TPSA) is 56.0 Å². The van der Waals surface area contributed by atoms with Crippen LogP contribution in [0.5, 0.6) is 0 Å². The molecule has 1 amide bonds. The predicted molar refractivity (Wildman–Crippen MR) is 101 cm³/mol. The summed E-state index contributed by atoms with van der Waals surface area (Å²) in [5.41, 5.74) is 1.87. The van der Waals surface area contributed by atoms with Gasteiger partial charge in [-0.2, -0.15) is 0 Å². The Kier molecular flexibility index (Phi) is 5.51. The van der Waals surface area contributed by atoms with E-state index in [4.69, 9.17) is 0 Å². The summed E-state index contributed by atoms with van der Waals surface area (Å²) in [6.45, 7) is 2.57. The SMILES string of the molecule is CC(CCc1ccccc1)N(Cc1nccn1C)C(=O)c1cncn1C. The van der Waals surface area contributed by atoms with E-state index in [0.717, 1.165) is 18.7 Å². The molecule has 0 saturated heterocycles. The summed E-state index contributed by atoms with van der Waals surface area (Å²) in [5, 5.41) is 0. The molecular weight excluding hydrogens is 326 g/mol. The zero-order valence-corrected chi connectivity index (χ0v) is 15.5. The third kappa shape index (κ3) is 4.02. The van der Waals surface area contributed by atoms with Crippen LogP contribution in [-0.2, 0) is 27.1 Å². The molecule has 0 N–H and O–H groups in total. The number of imidazole rings is 2. The maximum Gasteiger partial charge on any atom is 0.272 e. The van der Waals surface area contributed by atoms with Gasteiger partial charge >= 0.3 is 0 Å². The van der Waals surface area contributed by atoms with E-state index in [2.05, 4.69) is 29.0 Å². The van der Waals surface area contributed by atoms with Crippen LogP contribution in [0.1, 0.15) is 35.2 Å². The summed E-state index contributed by atoms with van der Waals surface area (Å²) >= 11 is 0. The molecule has 0 fully saturated rings. The average Bonchev–Trinajstić information content (AvgIpc) is 3.26. The average molecular weight is 351 g/mol. The lowest BCUT2D eigenvalue weighted by Crippen LogP contribution is -2.40. The number of carbonyl (C=O) groups is 1. The number of aromatic nitrogens is 4. The van der Waals surface area contributed by atoms with Crippen LogP contribution >= 0.6 is 0 Å². The third-order valence-corrected chi connectivity index (χ3v) is 4.76. The van der Waals surface area contributed by atoms with Crippen LogP contribution in [0.4, 0.5) is 0 Å². The number of aryl methyl sites for hydroxylation is 3. The van der Waals surface area contributed by atoms with E-state index in [9.17, 15) is 4.79 Å². The Bertz CT molecular complexity index is 852. The Labute approximate surface area is 154 Å². The van der Waals surface area contributed by atoms with Gasteiger partial charge in [0.05, 0.1) is 19.1 Å². The molecule has 2 heterocycles. The van der Waals surface area contributed by atoms with E-state index in [1.165, 1.54) is 5.56 Å². The Morgan fingerprint density at radius 1 is 1.19 bits per heavy atom. The molecule has 0 aliphatic rings. The summed E-state index contributed by atoms with van der Waals surface area (Å²) in [4.78, 5) is 23.5. The molecule has 0 saturated carbocycles. The third-order valence-electron chi connectivity index (χ3n) is 4.76. The fraction of sp³-hybridized carbons (Fsp3) is 0.350. The first-order valence-corrected chi connectivity index (χ1v) is 8.83. The molecular formula is C20H25N5O. The van der Waals surface area contributed by atoms with Crippen LogP contribution in [0.3, 0.4) is 0 Å². The summed E-state index contributed by atoms with van der Waals surface area (Å²) in [6, 6.07) is 10.4. The van der Waals surface area contributed by atoms with Gasteiger partial charge in [0.1, 0.15) is 11.5 Å². The van der Waals surface area contributed by atoms with E-state index in [0.29, 0.717) is 12.2 Å². The van der Waals surface area contributed by atoms with Crippen molar-refractivity contribution in [3.05, 3.63) is 72.3 Å². The fourth-order valence-corrected chi connectivity index (χ4v) is 3.02. The number of nitrogens with zero attached hydrogens (tertiary/aromatic N) is 5. The number of hydrogen-bond donors (Lipinski definition) is 0. The standard InChI is InChI=1S/C20H25N5O/c1-16(9-10-17-7-5-4-6-8-17)25(14-19-22-11-12-23(19)2)20(26)18-13-21-15-24(18)3/h4-8,11-13,15-16H,9-10,14H2,1-3H3. The fourth-order valence-electron chi connectivity index (χ4n) is 3.02. The minimum atomic E-state index is -0.0199. The molecule has 136 valence electrons. The van der Waals surface area contributed by atoms with Gasteiger partial charge in [0.2, 0.25) is 0 Å². The first-order valence-electron chi connectivity index (χ1n) is 8.83. The van der Waals surface area contributed by atoms with Crippen molar-refractivity contribution >= 4 is 5.91 Å². The molecule has 0 aliphatic heterocycles. The van der Waals surface area contributed by atoms with Crippen molar-refractivity contribution in [3.8, 4) is 0 Å². The normalized spacial score (nSPS) is 12.1. The Morgan fingerprint density at radius 3 is 2.58 bits per heavy atom. The zero-order chi connectivity index (χ0) is 18.5. The molecule has 0 bridgehead atoms. The minimum absolute atomic E-state index is 0.0199. The highest BCUT2D eigenvalue weighted by Crippen LogP contribution is 2.16. The molecule has 2 aromatic heterocycles. The Hall–Kier alpha value is -2.89. The maximum absolute atomic E-state index is 13.1. The number of carbonyl (C=O) groups excluding carboxylic acids is 1. The highest BCUT2D eigenvalue weighted by Gasteiger charge is 2.25. The van der Waals surface area contributed by atoms with Crippen LogP contribution in [0.25, 0.3) is 0 Å². The monoisotopic (exact) mass is 351 g/mol. The van der Waals surface area contributed by atoms with Crippen LogP contribution in [-0.4, -0.2) is 36.0 Å². The van der Waals surface area contributed by atoms with Gasteiger partial charge < -0.3 is 14.0 Å². The predicted octanol–water partition coefficient (Wildman–Crippen LogP) is 2.82. The molecule has 1 aromatic carbocycles. The van der Waals surface area contributed by atoms with Gasteiger partial charge in [-0.15, -0.1) is 0 Å². The molecule has 0 radical (unpaired) electrons. The van der Waals surface area contributed by atoms with Gasteiger partial charge in [0, 0.05) is 32.5 Å². The van der Waals surface area contributed by atoms with Gasteiger partial charge in [-0.05, 0) is 25.3 Å². The first kappa shape index (κ1) is 17.9. The largest absolute Gasteiger partial charge is 0.337 e. The second-order valence-corrected chi connectivity index (χ2v) is 6.65. The molecule has 6 nitrogen and oxygen atoms in total. The quantitative estimate of drug-likeness (QED) is 0.658. The van der Waals surface area contributed by atoms with Crippen LogP contribution in [0.15, 0.2) is 55.2 Å². The van der Waals surface area contributed by atoms with Gasteiger partial charge in [-0.25, -0.2) is 9.97 Å². The van der Waals surface area contributed by atoms with E-state index in [1.54, 1.807) is 23.3 Å². The van der Waals surface area contributed by atoms with Gasteiger partial charge in [0.25, 0.3) is 5.91 Å². The van der Waals surface area contributed by atoms with E-state index >= 15 is 0 Å². The lowest BCUT2D eigenvalue weighted by Gasteiger charge is -2.29. The summed E-state index contributed by atoms with van der Waals surface area (Å²) in [5.74, 6) is 0.848. The molecule has 3 aromatic rings. The molecule has 0 spiro atoms. The van der Waals surface area contributed by atoms with Crippen molar-refractivity contribution in [3.63, 3.8) is 0 Å². The summed E-state index contributed by atoms with van der Waals surface area (Å²) < 4.78 is 3.71.